The number of esters is 1. The molecule has 1 rings (SSSR count). The molecule has 1 aliphatic rings. The standard InChI is InChI=1S/C12H19BrO2/c1-10(14)15-8-4-2-3-5-11-6-7-12(13)9-11/h9,11H,2-8H2,1H3. The van der Waals surface area contributed by atoms with Crippen LogP contribution < -0.4 is 0 Å². The first-order chi connectivity index (χ1) is 7.18. The molecule has 0 aromatic heterocycles. The first-order valence-corrected chi connectivity index (χ1v) is 6.47. The predicted molar refractivity (Wildman–Crippen MR) is 64.8 cm³/mol. The van der Waals surface area contributed by atoms with E-state index in [1.807, 2.05) is 0 Å². The van der Waals surface area contributed by atoms with E-state index in [1.54, 1.807) is 0 Å². The SMILES string of the molecule is CC(=O)OCCCCCC1C=C(Br)CC1. The summed E-state index contributed by atoms with van der Waals surface area (Å²) in [6, 6.07) is 0. The molecule has 0 N–H and O–H groups in total. The second-order valence-electron chi connectivity index (χ2n) is 4.10. The molecule has 1 aliphatic carbocycles. The molecule has 0 aromatic rings. The largest absolute Gasteiger partial charge is 0.466 e. The molecule has 2 nitrogen and oxygen atoms in total. The molecule has 0 bridgehead atoms. The van der Waals surface area contributed by atoms with Crippen LogP contribution in [-0.2, 0) is 9.53 Å². The lowest BCUT2D eigenvalue weighted by atomic mass is 10.0. The Labute approximate surface area is 100 Å². The summed E-state index contributed by atoms with van der Waals surface area (Å²) < 4.78 is 6.24. The maximum absolute atomic E-state index is 10.5. The van der Waals surface area contributed by atoms with Crippen LogP contribution in [0.3, 0.4) is 0 Å². The van der Waals surface area contributed by atoms with Gasteiger partial charge in [-0.15, -0.1) is 0 Å². The number of hydrogen-bond acceptors (Lipinski definition) is 2. The van der Waals surface area contributed by atoms with Gasteiger partial charge in [0.25, 0.3) is 0 Å². The molecule has 0 aliphatic heterocycles. The van der Waals surface area contributed by atoms with Crippen LogP contribution in [-0.4, -0.2) is 12.6 Å². The number of carbonyl (C=O) groups excluding carboxylic acids is 1. The Morgan fingerprint density at radius 1 is 1.53 bits per heavy atom. The smallest absolute Gasteiger partial charge is 0.302 e. The minimum absolute atomic E-state index is 0.169. The van der Waals surface area contributed by atoms with E-state index in [0.29, 0.717) is 6.61 Å². The minimum atomic E-state index is -0.169. The third kappa shape index (κ3) is 5.98. The molecule has 0 saturated carbocycles. The van der Waals surface area contributed by atoms with E-state index in [9.17, 15) is 4.79 Å². The molecule has 0 saturated heterocycles. The van der Waals surface area contributed by atoms with E-state index in [4.69, 9.17) is 4.74 Å². The van der Waals surface area contributed by atoms with Crippen molar-refractivity contribution in [3.05, 3.63) is 10.6 Å². The fourth-order valence-electron chi connectivity index (χ4n) is 1.87. The van der Waals surface area contributed by atoms with Crippen LogP contribution in [0, 0.1) is 5.92 Å². The molecule has 0 fully saturated rings. The van der Waals surface area contributed by atoms with Crippen LogP contribution in [0.5, 0.6) is 0 Å². The molecule has 3 heteroatoms. The summed E-state index contributed by atoms with van der Waals surface area (Å²) in [5.41, 5.74) is 0. The van der Waals surface area contributed by atoms with Gasteiger partial charge in [-0.25, -0.2) is 0 Å². The van der Waals surface area contributed by atoms with E-state index in [2.05, 4.69) is 22.0 Å². The van der Waals surface area contributed by atoms with Crippen LogP contribution in [0.15, 0.2) is 10.6 Å². The van der Waals surface area contributed by atoms with E-state index < -0.39 is 0 Å². The maximum Gasteiger partial charge on any atom is 0.302 e. The first kappa shape index (κ1) is 12.8. The molecule has 0 spiro atoms. The van der Waals surface area contributed by atoms with Crippen molar-refractivity contribution in [1.82, 2.24) is 0 Å². The van der Waals surface area contributed by atoms with E-state index in [-0.39, 0.29) is 5.97 Å². The fraction of sp³-hybridized carbons (Fsp3) is 0.750. The number of carbonyl (C=O) groups is 1. The topological polar surface area (TPSA) is 26.3 Å². The van der Waals surface area contributed by atoms with Gasteiger partial charge < -0.3 is 4.74 Å². The normalized spacial score (nSPS) is 20.1. The maximum atomic E-state index is 10.5. The zero-order valence-electron chi connectivity index (χ0n) is 9.30. The zero-order chi connectivity index (χ0) is 11.1. The first-order valence-electron chi connectivity index (χ1n) is 5.68. The summed E-state index contributed by atoms with van der Waals surface area (Å²) in [5.74, 6) is 0.603. The van der Waals surface area contributed by atoms with Gasteiger partial charge in [0.2, 0.25) is 0 Å². The molecular weight excluding hydrogens is 256 g/mol. The predicted octanol–water partition coefficient (Wildman–Crippen LogP) is 3.80. The van der Waals surface area contributed by atoms with Gasteiger partial charge in [-0.3, -0.25) is 4.79 Å². The van der Waals surface area contributed by atoms with E-state index in [1.165, 1.54) is 37.1 Å². The summed E-state index contributed by atoms with van der Waals surface area (Å²) in [6.07, 6.45) is 9.51. The van der Waals surface area contributed by atoms with Crippen molar-refractivity contribution in [2.24, 2.45) is 5.92 Å². The minimum Gasteiger partial charge on any atom is -0.466 e. The number of rotatable bonds is 6. The van der Waals surface area contributed by atoms with E-state index >= 15 is 0 Å². The highest BCUT2D eigenvalue weighted by Gasteiger charge is 2.13. The second kappa shape index (κ2) is 7.04. The van der Waals surface area contributed by atoms with Crippen LogP contribution >= 0.6 is 15.9 Å². The lowest BCUT2D eigenvalue weighted by Crippen LogP contribution is -2.00. The summed E-state index contributed by atoms with van der Waals surface area (Å²) >= 11 is 3.53. The molecule has 1 unspecified atom stereocenters. The molecule has 0 aromatic carbocycles. The van der Waals surface area contributed by atoms with Crippen molar-refractivity contribution in [2.75, 3.05) is 6.61 Å². The van der Waals surface area contributed by atoms with Gasteiger partial charge >= 0.3 is 5.97 Å². The number of unbranched alkanes of at least 4 members (excludes halogenated alkanes) is 2. The van der Waals surface area contributed by atoms with Crippen molar-refractivity contribution in [3.8, 4) is 0 Å². The monoisotopic (exact) mass is 274 g/mol. The Kier molecular flexibility index (Phi) is 5.99. The van der Waals surface area contributed by atoms with Crippen molar-refractivity contribution >= 4 is 21.9 Å². The average Bonchev–Trinajstić information content (AvgIpc) is 2.57. The zero-order valence-corrected chi connectivity index (χ0v) is 10.9. The average molecular weight is 275 g/mol. The third-order valence-corrected chi connectivity index (χ3v) is 3.36. The van der Waals surface area contributed by atoms with Crippen molar-refractivity contribution in [2.45, 2.75) is 45.4 Å². The highest BCUT2D eigenvalue weighted by atomic mass is 79.9. The number of allylic oxidation sites excluding steroid dienone is 2. The van der Waals surface area contributed by atoms with Crippen LogP contribution in [0.1, 0.15) is 45.4 Å². The van der Waals surface area contributed by atoms with Gasteiger partial charge in [0.1, 0.15) is 0 Å². The Hall–Kier alpha value is -0.310. The Morgan fingerprint density at radius 3 is 2.93 bits per heavy atom. The molecule has 1 atom stereocenters. The van der Waals surface area contributed by atoms with Gasteiger partial charge in [-0.05, 0) is 36.1 Å². The fourth-order valence-corrected chi connectivity index (χ4v) is 2.48. The second-order valence-corrected chi connectivity index (χ2v) is 5.12. The molecule has 86 valence electrons. The Morgan fingerprint density at radius 2 is 2.33 bits per heavy atom. The Bertz CT molecular complexity index is 236. The highest BCUT2D eigenvalue weighted by Crippen LogP contribution is 2.31. The molecule has 0 radical (unpaired) electrons. The summed E-state index contributed by atoms with van der Waals surface area (Å²) in [7, 11) is 0. The molecule has 0 heterocycles. The van der Waals surface area contributed by atoms with Gasteiger partial charge in [-0.2, -0.15) is 0 Å². The molecule has 0 amide bonds. The van der Waals surface area contributed by atoms with Gasteiger partial charge in [0.15, 0.2) is 0 Å². The van der Waals surface area contributed by atoms with E-state index in [0.717, 1.165) is 18.8 Å². The summed E-state index contributed by atoms with van der Waals surface area (Å²) in [5, 5.41) is 0. The van der Waals surface area contributed by atoms with Crippen LogP contribution in [0.25, 0.3) is 0 Å². The highest BCUT2D eigenvalue weighted by molar-refractivity contribution is 9.11. The van der Waals surface area contributed by atoms with Crippen LogP contribution in [0.4, 0.5) is 0 Å². The van der Waals surface area contributed by atoms with Gasteiger partial charge in [0.05, 0.1) is 6.61 Å². The van der Waals surface area contributed by atoms with Gasteiger partial charge in [-0.1, -0.05) is 34.8 Å². The summed E-state index contributed by atoms with van der Waals surface area (Å²) in [6.45, 7) is 2.04. The molecular formula is C12H19BrO2. The number of hydrogen-bond donors (Lipinski definition) is 0. The lowest BCUT2D eigenvalue weighted by Gasteiger charge is -2.06. The number of ether oxygens (including phenoxy) is 1. The number of halogens is 1. The lowest BCUT2D eigenvalue weighted by molar-refractivity contribution is -0.141. The quantitative estimate of drug-likeness (QED) is 0.544. The van der Waals surface area contributed by atoms with Crippen molar-refractivity contribution in [3.63, 3.8) is 0 Å². The van der Waals surface area contributed by atoms with Crippen LogP contribution in [0.2, 0.25) is 0 Å². The Balaban J connectivity index is 1.91. The van der Waals surface area contributed by atoms with Crippen molar-refractivity contribution in [1.29, 1.82) is 0 Å². The third-order valence-electron chi connectivity index (χ3n) is 2.70. The summed E-state index contributed by atoms with van der Waals surface area (Å²) in [4.78, 5) is 10.5. The van der Waals surface area contributed by atoms with Crippen molar-refractivity contribution < 1.29 is 9.53 Å². The van der Waals surface area contributed by atoms with Gasteiger partial charge in [0, 0.05) is 6.92 Å². The molecule has 15 heavy (non-hydrogen) atoms.